The van der Waals surface area contributed by atoms with Crippen LogP contribution in [0.1, 0.15) is 75.4 Å². The molecule has 240 valence electrons. The number of ether oxygens (including phenoxy) is 2. The van der Waals surface area contributed by atoms with E-state index in [-0.39, 0.29) is 64.7 Å². The monoisotopic (exact) mass is 634 g/mol. The van der Waals surface area contributed by atoms with Crippen LogP contribution >= 0.6 is 0 Å². The topological polar surface area (TPSA) is 128 Å². The summed E-state index contributed by atoms with van der Waals surface area (Å²) >= 11 is 0. The second-order valence-electron chi connectivity index (χ2n) is 13.5. The predicted octanol–water partition coefficient (Wildman–Crippen LogP) is 5.93. The summed E-state index contributed by atoms with van der Waals surface area (Å²) in [6, 6.07) is 12.9. The molecule has 5 rings (SSSR count). The highest BCUT2D eigenvalue weighted by Crippen LogP contribution is 2.37. The lowest BCUT2D eigenvalue weighted by atomic mass is 9.78. The number of nitrogens with one attached hydrogen (secondary N) is 1. The van der Waals surface area contributed by atoms with Gasteiger partial charge in [-0.1, -0.05) is 38.1 Å². The number of aromatic nitrogens is 2. The van der Waals surface area contributed by atoms with E-state index in [9.17, 15) is 18.0 Å². The number of amides is 1. The molecule has 0 saturated heterocycles. The Morgan fingerprint density at radius 1 is 1.07 bits per heavy atom. The van der Waals surface area contributed by atoms with E-state index in [1.54, 1.807) is 23.1 Å². The molecule has 1 atom stereocenters. The second kappa shape index (κ2) is 12.4. The molecule has 1 aromatic heterocycles. The van der Waals surface area contributed by atoms with Crippen molar-refractivity contribution in [3.63, 3.8) is 0 Å². The molecule has 1 aliphatic carbocycles. The summed E-state index contributed by atoms with van der Waals surface area (Å²) in [5, 5.41) is 0. The average Bonchev–Trinajstić information content (AvgIpc) is 2.90. The number of carbonyl (C=O) groups is 2. The number of anilines is 1. The molecule has 1 fully saturated rings. The Labute approximate surface area is 265 Å². The maximum Gasteiger partial charge on any atom is 0.309 e. The molecular formula is C34H42N4O6S. The summed E-state index contributed by atoms with van der Waals surface area (Å²) in [5.74, 6) is -0.647. The smallest absolute Gasteiger partial charge is 0.309 e. The minimum absolute atomic E-state index is 0.0864. The molecule has 1 aliphatic heterocycles. The normalized spacial score (nSPS) is 21.4. The first kappa shape index (κ1) is 32.4. The van der Waals surface area contributed by atoms with Crippen LogP contribution < -0.4 is 9.46 Å². The van der Waals surface area contributed by atoms with Gasteiger partial charge in [0.2, 0.25) is 11.8 Å². The Morgan fingerprint density at radius 3 is 2.38 bits per heavy atom. The lowest BCUT2D eigenvalue weighted by Gasteiger charge is -2.46. The summed E-state index contributed by atoms with van der Waals surface area (Å²) in [7, 11) is -4.16. The SMILES string of the molecule is Cc1cccc(C)c1-c1cc2nc(n1)NS(=O)(=O)c1cccc(c1)C(=O)N(C1CC(C(=O)OC(C)(C)C)C1)[C@H](CC(C)C)CO2. The summed E-state index contributed by atoms with van der Waals surface area (Å²) in [6.45, 7) is 13.7. The fraction of sp³-hybridized carbons (Fsp3) is 0.471. The number of fused-ring (bicyclic) bond motifs is 4. The van der Waals surface area contributed by atoms with Crippen LogP contribution in [0.25, 0.3) is 11.3 Å². The first-order valence-electron chi connectivity index (χ1n) is 15.4. The van der Waals surface area contributed by atoms with Gasteiger partial charge < -0.3 is 14.4 Å². The highest BCUT2D eigenvalue weighted by Gasteiger charge is 2.44. The van der Waals surface area contributed by atoms with Crippen LogP contribution in [0.5, 0.6) is 5.88 Å². The van der Waals surface area contributed by atoms with Gasteiger partial charge in [0.1, 0.15) is 12.2 Å². The minimum atomic E-state index is -4.16. The van der Waals surface area contributed by atoms with Gasteiger partial charge in [0.25, 0.3) is 15.9 Å². The van der Waals surface area contributed by atoms with E-state index in [1.165, 1.54) is 12.1 Å². The van der Waals surface area contributed by atoms with Crippen LogP contribution in [0.4, 0.5) is 5.95 Å². The van der Waals surface area contributed by atoms with E-state index in [1.807, 2.05) is 52.8 Å². The predicted molar refractivity (Wildman–Crippen MR) is 171 cm³/mol. The number of hydrogen-bond donors (Lipinski definition) is 1. The Bertz CT molecular complexity index is 1690. The number of esters is 1. The molecular weight excluding hydrogens is 592 g/mol. The van der Waals surface area contributed by atoms with Crippen molar-refractivity contribution in [3.05, 3.63) is 65.2 Å². The van der Waals surface area contributed by atoms with Crippen molar-refractivity contribution in [2.24, 2.45) is 11.8 Å². The molecule has 45 heavy (non-hydrogen) atoms. The number of hydrogen-bond acceptors (Lipinski definition) is 8. The van der Waals surface area contributed by atoms with Gasteiger partial charge in [-0.05, 0) is 89.1 Å². The van der Waals surface area contributed by atoms with Crippen molar-refractivity contribution in [1.82, 2.24) is 14.9 Å². The third-order valence-electron chi connectivity index (χ3n) is 8.10. The zero-order valence-electron chi connectivity index (χ0n) is 27.0. The molecule has 0 unspecified atom stereocenters. The van der Waals surface area contributed by atoms with E-state index in [0.717, 1.165) is 16.7 Å². The van der Waals surface area contributed by atoms with E-state index in [4.69, 9.17) is 9.47 Å². The van der Waals surface area contributed by atoms with Gasteiger partial charge in [-0.15, -0.1) is 0 Å². The van der Waals surface area contributed by atoms with Crippen LogP contribution in [0, 0.1) is 25.7 Å². The number of carbonyl (C=O) groups excluding carboxylic acids is 2. The fourth-order valence-corrected chi connectivity index (χ4v) is 7.01. The maximum absolute atomic E-state index is 14.3. The standard InChI is InChI=1S/C34H42N4O6S/c1-20(2)14-26-19-43-29-18-28(30-21(3)10-8-11-22(30)4)35-33(36-29)37-45(41,42)27-13-9-12-23(17-27)31(39)38(26)25-15-24(16-25)32(40)44-34(5,6)7/h8-13,17-18,20,24-26H,14-16,19H2,1-7H3,(H,35,36,37)/t24?,25?,26-/m1/s1. The summed E-state index contributed by atoms with van der Waals surface area (Å²) in [5.41, 5.74) is 2.94. The quantitative estimate of drug-likeness (QED) is 0.342. The van der Waals surface area contributed by atoms with Crippen molar-refractivity contribution in [2.75, 3.05) is 11.3 Å². The van der Waals surface area contributed by atoms with Gasteiger partial charge in [-0.2, -0.15) is 4.98 Å². The Hall–Kier alpha value is -3.99. The van der Waals surface area contributed by atoms with E-state index < -0.39 is 15.6 Å². The molecule has 2 heterocycles. The fourth-order valence-electron chi connectivity index (χ4n) is 6.03. The molecule has 4 bridgehead atoms. The lowest BCUT2D eigenvalue weighted by molar-refractivity contribution is -0.165. The van der Waals surface area contributed by atoms with Gasteiger partial charge in [-0.25, -0.2) is 18.1 Å². The molecule has 1 N–H and O–H groups in total. The van der Waals surface area contributed by atoms with E-state index in [2.05, 4.69) is 28.5 Å². The number of sulfonamides is 1. The number of aryl methyl sites for hydroxylation is 2. The molecule has 3 aromatic rings. The van der Waals surface area contributed by atoms with Crippen LogP contribution in [-0.4, -0.2) is 59.5 Å². The summed E-state index contributed by atoms with van der Waals surface area (Å²) in [4.78, 5) is 37.8. The number of rotatable bonds is 5. The molecule has 2 aromatic carbocycles. The first-order valence-corrected chi connectivity index (χ1v) is 16.9. The van der Waals surface area contributed by atoms with Gasteiger partial charge in [0, 0.05) is 23.2 Å². The Kier molecular flexibility index (Phi) is 8.95. The van der Waals surface area contributed by atoms with Crippen LogP contribution in [0.2, 0.25) is 0 Å². The van der Waals surface area contributed by atoms with Crippen molar-refractivity contribution >= 4 is 27.8 Å². The molecule has 10 nitrogen and oxygen atoms in total. The molecule has 1 amide bonds. The minimum Gasteiger partial charge on any atom is -0.475 e. The first-order chi connectivity index (χ1) is 21.1. The number of benzene rings is 2. The van der Waals surface area contributed by atoms with Crippen molar-refractivity contribution in [3.8, 4) is 17.1 Å². The van der Waals surface area contributed by atoms with Crippen LogP contribution in [0.3, 0.4) is 0 Å². The molecule has 11 heteroatoms. The average molecular weight is 635 g/mol. The molecule has 1 saturated carbocycles. The molecule has 0 spiro atoms. The molecule has 0 radical (unpaired) electrons. The third kappa shape index (κ3) is 7.30. The summed E-state index contributed by atoms with van der Waals surface area (Å²) in [6.07, 6.45) is 1.52. The van der Waals surface area contributed by atoms with E-state index in [0.29, 0.717) is 25.0 Å². The van der Waals surface area contributed by atoms with Crippen molar-refractivity contribution in [2.45, 2.75) is 90.3 Å². The van der Waals surface area contributed by atoms with Gasteiger partial charge in [0.15, 0.2) is 0 Å². The second-order valence-corrected chi connectivity index (χ2v) is 15.2. The highest BCUT2D eigenvalue weighted by atomic mass is 32.2. The van der Waals surface area contributed by atoms with Crippen LogP contribution in [-0.2, 0) is 19.6 Å². The van der Waals surface area contributed by atoms with Crippen molar-refractivity contribution in [1.29, 1.82) is 0 Å². The Morgan fingerprint density at radius 2 is 1.73 bits per heavy atom. The highest BCUT2D eigenvalue weighted by molar-refractivity contribution is 7.92. The largest absolute Gasteiger partial charge is 0.475 e. The molecule has 2 aliphatic rings. The third-order valence-corrected chi connectivity index (χ3v) is 9.42. The van der Waals surface area contributed by atoms with Gasteiger partial charge in [0.05, 0.1) is 22.5 Å². The van der Waals surface area contributed by atoms with Gasteiger partial charge >= 0.3 is 5.97 Å². The zero-order chi connectivity index (χ0) is 32.7. The summed E-state index contributed by atoms with van der Waals surface area (Å²) < 4.78 is 41.6. The number of nitrogens with zero attached hydrogens (tertiary/aromatic N) is 3. The van der Waals surface area contributed by atoms with Gasteiger partial charge in [-0.3, -0.25) is 9.59 Å². The lowest BCUT2D eigenvalue weighted by Crippen LogP contribution is -2.56. The zero-order valence-corrected chi connectivity index (χ0v) is 27.8. The van der Waals surface area contributed by atoms with Crippen LogP contribution in [0.15, 0.2) is 53.4 Å². The van der Waals surface area contributed by atoms with E-state index >= 15 is 0 Å². The van der Waals surface area contributed by atoms with Crippen molar-refractivity contribution < 1.29 is 27.5 Å². The Balaban J connectivity index is 1.58. The maximum atomic E-state index is 14.3.